The standard InChI is InChI=1S/C19H20N4O2/c1-13(2)17-21-16-11-7-6-10-15(16)18(24)23(17)22-19(25)20-12-14-8-4-3-5-9-14/h3-11,13H,12H2,1-2H3,(H2,20,22,25). The van der Waals surface area contributed by atoms with Crippen LogP contribution in [0.1, 0.15) is 31.2 Å². The summed E-state index contributed by atoms with van der Waals surface area (Å²) in [5, 5.41) is 3.22. The minimum Gasteiger partial charge on any atom is -0.333 e. The van der Waals surface area contributed by atoms with E-state index in [1.54, 1.807) is 18.2 Å². The highest BCUT2D eigenvalue weighted by atomic mass is 16.2. The summed E-state index contributed by atoms with van der Waals surface area (Å²) in [6, 6.07) is 16.2. The number of nitrogens with one attached hydrogen (secondary N) is 2. The lowest BCUT2D eigenvalue weighted by Crippen LogP contribution is -2.41. The molecular weight excluding hydrogens is 316 g/mol. The van der Waals surface area contributed by atoms with Gasteiger partial charge >= 0.3 is 6.03 Å². The van der Waals surface area contributed by atoms with Crippen LogP contribution >= 0.6 is 0 Å². The molecule has 0 atom stereocenters. The van der Waals surface area contributed by atoms with Crippen molar-refractivity contribution in [3.05, 3.63) is 76.3 Å². The summed E-state index contributed by atoms with van der Waals surface area (Å²) in [5.41, 5.74) is 3.93. The van der Waals surface area contributed by atoms with Crippen molar-refractivity contribution >= 4 is 16.9 Å². The predicted molar refractivity (Wildman–Crippen MR) is 98.1 cm³/mol. The molecule has 2 aromatic carbocycles. The quantitative estimate of drug-likeness (QED) is 0.769. The van der Waals surface area contributed by atoms with E-state index in [2.05, 4.69) is 15.7 Å². The molecule has 25 heavy (non-hydrogen) atoms. The zero-order valence-corrected chi connectivity index (χ0v) is 14.2. The molecule has 0 aliphatic carbocycles. The van der Waals surface area contributed by atoms with E-state index in [1.165, 1.54) is 4.68 Å². The lowest BCUT2D eigenvalue weighted by molar-refractivity contribution is 0.248. The molecule has 0 bridgehead atoms. The summed E-state index contributed by atoms with van der Waals surface area (Å²) in [6.45, 7) is 4.23. The first-order chi connectivity index (χ1) is 12.1. The Bertz CT molecular complexity index is 949. The fourth-order valence-electron chi connectivity index (χ4n) is 2.56. The van der Waals surface area contributed by atoms with Crippen LogP contribution < -0.4 is 16.3 Å². The number of para-hydroxylation sites is 1. The number of amides is 2. The second-order valence-corrected chi connectivity index (χ2v) is 6.06. The van der Waals surface area contributed by atoms with E-state index in [4.69, 9.17) is 0 Å². The Morgan fingerprint density at radius 3 is 2.48 bits per heavy atom. The average Bonchev–Trinajstić information content (AvgIpc) is 2.63. The predicted octanol–water partition coefficient (Wildman–Crippen LogP) is 2.97. The van der Waals surface area contributed by atoms with Crippen LogP contribution in [-0.2, 0) is 6.54 Å². The maximum atomic E-state index is 12.7. The summed E-state index contributed by atoms with van der Waals surface area (Å²) >= 11 is 0. The molecule has 0 radical (unpaired) electrons. The number of nitrogens with zero attached hydrogens (tertiary/aromatic N) is 2. The van der Waals surface area contributed by atoms with Gasteiger partial charge in [-0.05, 0) is 17.7 Å². The number of rotatable bonds is 4. The van der Waals surface area contributed by atoms with Gasteiger partial charge in [-0.3, -0.25) is 4.79 Å². The van der Waals surface area contributed by atoms with Crippen LogP contribution in [0.3, 0.4) is 0 Å². The van der Waals surface area contributed by atoms with E-state index in [0.29, 0.717) is 23.3 Å². The monoisotopic (exact) mass is 336 g/mol. The number of urea groups is 1. The first-order valence-corrected chi connectivity index (χ1v) is 8.16. The van der Waals surface area contributed by atoms with E-state index in [1.807, 2.05) is 50.2 Å². The van der Waals surface area contributed by atoms with Crippen molar-refractivity contribution < 1.29 is 4.79 Å². The van der Waals surface area contributed by atoms with Gasteiger partial charge in [0.2, 0.25) is 0 Å². The lowest BCUT2D eigenvalue weighted by Gasteiger charge is -2.16. The van der Waals surface area contributed by atoms with Crippen molar-refractivity contribution in [1.82, 2.24) is 15.0 Å². The normalized spacial score (nSPS) is 10.8. The topological polar surface area (TPSA) is 76.0 Å². The second-order valence-electron chi connectivity index (χ2n) is 6.06. The summed E-state index contributed by atoms with van der Waals surface area (Å²) in [7, 11) is 0. The second kappa shape index (κ2) is 7.17. The number of benzene rings is 2. The summed E-state index contributed by atoms with van der Waals surface area (Å²) in [6.07, 6.45) is 0. The van der Waals surface area contributed by atoms with Crippen molar-refractivity contribution in [2.75, 3.05) is 5.43 Å². The molecule has 6 nitrogen and oxygen atoms in total. The Balaban J connectivity index is 1.87. The van der Waals surface area contributed by atoms with Gasteiger partial charge in [0.1, 0.15) is 5.82 Å². The molecule has 6 heteroatoms. The molecule has 0 aliphatic rings. The van der Waals surface area contributed by atoms with Gasteiger partial charge in [0, 0.05) is 12.5 Å². The number of aromatic nitrogens is 2. The molecule has 0 fully saturated rings. The SMILES string of the molecule is CC(C)c1nc2ccccc2c(=O)n1NC(=O)NCc1ccccc1. The summed E-state index contributed by atoms with van der Waals surface area (Å²) in [5.74, 6) is 0.491. The molecule has 0 unspecified atom stereocenters. The van der Waals surface area contributed by atoms with Crippen molar-refractivity contribution in [3.8, 4) is 0 Å². The highest BCUT2D eigenvalue weighted by Gasteiger charge is 2.15. The maximum Gasteiger partial charge on any atom is 0.334 e. The number of fused-ring (bicyclic) bond motifs is 1. The maximum absolute atomic E-state index is 12.7. The number of carbonyl (C=O) groups excluding carboxylic acids is 1. The van der Waals surface area contributed by atoms with Crippen molar-refractivity contribution in [3.63, 3.8) is 0 Å². The van der Waals surface area contributed by atoms with Crippen LogP contribution in [0.15, 0.2) is 59.4 Å². The van der Waals surface area contributed by atoms with Crippen LogP contribution in [0, 0.1) is 0 Å². The van der Waals surface area contributed by atoms with Gasteiger partial charge in [0.15, 0.2) is 0 Å². The molecule has 0 aliphatic heterocycles. The highest BCUT2D eigenvalue weighted by Crippen LogP contribution is 2.13. The zero-order chi connectivity index (χ0) is 17.8. The third-order valence-corrected chi connectivity index (χ3v) is 3.83. The molecule has 128 valence electrons. The van der Waals surface area contributed by atoms with Gasteiger partial charge < -0.3 is 5.32 Å². The van der Waals surface area contributed by atoms with Crippen LogP contribution in [0.2, 0.25) is 0 Å². The molecule has 0 saturated carbocycles. The molecule has 3 aromatic rings. The minimum absolute atomic E-state index is 0.0215. The number of hydrogen-bond acceptors (Lipinski definition) is 3. The summed E-state index contributed by atoms with van der Waals surface area (Å²) < 4.78 is 1.23. The van der Waals surface area contributed by atoms with Crippen molar-refractivity contribution in [2.45, 2.75) is 26.3 Å². The molecular formula is C19H20N4O2. The molecule has 0 spiro atoms. The Morgan fingerprint density at radius 2 is 1.76 bits per heavy atom. The van der Waals surface area contributed by atoms with Crippen LogP contribution in [0.4, 0.5) is 4.79 Å². The van der Waals surface area contributed by atoms with Gasteiger partial charge in [-0.15, -0.1) is 0 Å². The van der Waals surface area contributed by atoms with Gasteiger partial charge in [0.25, 0.3) is 5.56 Å². The molecule has 1 aromatic heterocycles. The fraction of sp³-hybridized carbons (Fsp3) is 0.211. The van der Waals surface area contributed by atoms with Gasteiger partial charge in [-0.25, -0.2) is 19.9 Å². The molecule has 0 saturated heterocycles. The first kappa shape index (κ1) is 16.7. The number of carbonyl (C=O) groups is 1. The van der Waals surface area contributed by atoms with E-state index >= 15 is 0 Å². The lowest BCUT2D eigenvalue weighted by atomic mass is 10.2. The van der Waals surface area contributed by atoms with Crippen LogP contribution in [0.5, 0.6) is 0 Å². The average molecular weight is 336 g/mol. The van der Waals surface area contributed by atoms with E-state index in [-0.39, 0.29) is 11.5 Å². The van der Waals surface area contributed by atoms with Gasteiger partial charge in [-0.1, -0.05) is 56.3 Å². The van der Waals surface area contributed by atoms with Crippen molar-refractivity contribution in [1.29, 1.82) is 0 Å². The Labute approximate surface area is 145 Å². The first-order valence-electron chi connectivity index (χ1n) is 8.16. The van der Waals surface area contributed by atoms with Gasteiger partial charge in [-0.2, -0.15) is 0 Å². The molecule has 1 heterocycles. The smallest absolute Gasteiger partial charge is 0.333 e. The Kier molecular flexibility index (Phi) is 4.79. The Hall–Kier alpha value is -3.15. The molecule has 3 rings (SSSR count). The molecule has 2 amide bonds. The number of hydrogen-bond donors (Lipinski definition) is 2. The third-order valence-electron chi connectivity index (χ3n) is 3.83. The largest absolute Gasteiger partial charge is 0.334 e. The zero-order valence-electron chi connectivity index (χ0n) is 14.2. The van der Waals surface area contributed by atoms with E-state index < -0.39 is 6.03 Å². The van der Waals surface area contributed by atoms with E-state index in [9.17, 15) is 9.59 Å². The third kappa shape index (κ3) is 3.68. The van der Waals surface area contributed by atoms with Crippen molar-refractivity contribution in [2.24, 2.45) is 0 Å². The van der Waals surface area contributed by atoms with Crippen LogP contribution in [-0.4, -0.2) is 15.7 Å². The fourth-order valence-corrected chi connectivity index (χ4v) is 2.56. The molecule has 2 N–H and O–H groups in total. The summed E-state index contributed by atoms with van der Waals surface area (Å²) in [4.78, 5) is 29.5. The highest BCUT2D eigenvalue weighted by molar-refractivity contribution is 5.83. The van der Waals surface area contributed by atoms with E-state index in [0.717, 1.165) is 5.56 Å². The minimum atomic E-state index is -0.454. The van der Waals surface area contributed by atoms with Crippen LogP contribution in [0.25, 0.3) is 10.9 Å². The van der Waals surface area contributed by atoms with Gasteiger partial charge in [0.05, 0.1) is 10.9 Å². The Morgan fingerprint density at radius 1 is 1.08 bits per heavy atom.